The van der Waals surface area contributed by atoms with Crippen molar-refractivity contribution in [1.29, 1.82) is 0 Å². The highest BCUT2D eigenvalue weighted by Gasteiger charge is 2.29. The van der Waals surface area contributed by atoms with Crippen LogP contribution < -0.4 is 5.32 Å². The second-order valence-electron chi connectivity index (χ2n) is 6.84. The number of hydrogen-bond acceptors (Lipinski definition) is 7. The predicted octanol–water partition coefficient (Wildman–Crippen LogP) is 2.52. The van der Waals surface area contributed by atoms with Gasteiger partial charge in [-0.3, -0.25) is 10.1 Å². The average molecular weight is 481 g/mol. The molecule has 0 bridgehead atoms. The minimum atomic E-state index is -3.90. The number of carbonyl (C=O) groups excluding carboxylic acids is 3. The Balaban J connectivity index is 1.73. The van der Waals surface area contributed by atoms with Crippen LogP contribution in [0.3, 0.4) is 0 Å². The van der Waals surface area contributed by atoms with Crippen LogP contribution in [0, 0.1) is 0 Å². The van der Waals surface area contributed by atoms with E-state index in [1.807, 2.05) is 29.6 Å². The van der Waals surface area contributed by atoms with Crippen LogP contribution in [0.5, 0.6) is 0 Å². The van der Waals surface area contributed by atoms with Crippen LogP contribution in [0.15, 0.2) is 47.4 Å². The molecule has 9 nitrogen and oxygen atoms in total. The van der Waals surface area contributed by atoms with Crippen molar-refractivity contribution in [2.24, 2.45) is 0 Å². The van der Waals surface area contributed by atoms with E-state index in [1.165, 1.54) is 16.4 Å². The van der Waals surface area contributed by atoms with Crippen molar-refractivity contribution >= 4 is 39.6 Å². The Bertz CT molecular complexity index is 1150. The monoisotopic (exact) mass is 480 g/mol. The molecule has 11 heteroatoms. The number of hydrogen-bond donors (Lipinski definition) is 1. The standard InChI is InChI=1S/C21H21ClN2O7S/c1-2-30-21(27)23-19(25)13-31-20(26)17-11-16(7-8-18(17)22)32(28,29)24-10-9-14-5-3-4-6-15(14)12-24/h3-8,11H,2,9-10,12-13H2,1H3,(H,23,25,27). The largest absolute Gasteiger partial charge is 0.452 e. The number of benzene rings is 2. The number of ether oxygens (including phenoxy) is 2. The van der Waals surface area contributed by atoms with Crippen molar-refractivity contribution in [2.45, 2.75) is 24.8 Å². The van der Waals surface area contributed by atoms with Crippen LogP contribution in [-0.4, -0.2) is 50.5 Å². The fourth-order valence-corrected chi connectivity index (χ4v) is 4.81. The van der Waals surface area contributed by atoms with Crippen LogP contribution in [0.4, 0.5) is 4.79 Å². The van der Waals surface area contributed by atoms with E-state index in [4.69, 9.17) is 16.3 Å². The second kappa shape index (κ2) is 10.1. The Hall–Kier alpha value is -2.95. The number of amides is 2. The molecule has 1 N–H and O–H groups in total. The molecule has 2 amide bonds. The maximum absolute atomic E-state index is 13.1. The Morgan fingerprint density at radius 3 is 2.53 bits per heavy atom. The van der Waals surface area contributed by atoms with Gasteiger partial charge in [0.1, 0.15) is 0 Å². The van der Waals surface area contributed by atoms with E-state index in [9.17, 15) is 22.8 Å². The van der Waals surface area contributed by atoms with Crippen LogP contribution >= 0.6 is 11.6 Å². The zero-order valence-corrected chi connectivity index (χ0v) is 18.7. The molecule has 0 aliphatic carbocycles. The maximum atomic E-state index is 13.1. The SMILES string of the molecule is CCOC(=O)NC(=O)COC(=O)c1cc(S(=O)(=O)N2CCc3ccccc3C2)ccc1Cl. The van der Waals surface area contributed by atoms with Gasteiger partial charge in [-0.05, 0) is 42.7 Å². The highest BCUT2D eigenvalue weighted by molar-refractivity contribution is 7.89. The topological polar surface area (TPSA) is 119 Å². The predicted molar refractivity (Wildman–Crippen MR) is 115 cm³/mol. The average Bonchev–Trinajstić information content (AvgIpc) is 2.77. The first kappa shape index (κ1) is 23.7. The van der Waals surface area contributed by atoms with Gasteiger partial charge in [0.2, 0.25) is 10.0 Å². The molecule has 0 spiro atoms. The number of alkyl carbamates (subject to hydrolysis) is 1. The van der Waals surface area contributed by atoms with Gasteiger partial charge in [0.25, 0.3) is 5.91 Å². The van der Waals surface area contributed by atoms with Gasteiger partial charge in [-0.25, -0.2) is 18.0 Å². The highest BCUT2D eigenvalue weighted by atomic mass is 35.5. The van der Waals surface area contributed by atoms with Gasteiger partial charge in [0.15, 0.2) is 6.61 Å². The quantitative estimate of drug-likeness (QED) is 0.631. The molecule has 0 saturated heterocycles. The number of halogens is 1. The smallest absolute Gasteiger partial charge is 0.413 e. The third-order valence-corrected chi connectivity index (χ3v) is 6.91. The minimum Gasteiger partial charge on any atom is -0.452 e. The fraction of sp³-hybridized carbons (Fsp3) is 0.286. The van der Waals surface area contributed by atoms with Crippen LogP contribution in [-0.2, 0) is 37.3 Å². The Labute approximate surface area is 190 Å². The molecule has 1 aliphatic heterocycles. The number of fused-ring (bicyclic) bond motifs is 1. The minimum absolute atomic E-state index is 0.0382. The highest BCUT2D eigenvalue weighted by Crippen LogP contribution is 2.27. The third kappa shape index (κ3) is 5.45. The van der Waals surface area contributed by atoms with Crippen LogP contribution in [0.25, 0.3) is 0 Å². The molecular formula is C21H21ClN2O7S. The molecule has 2 aromatic carbocycles. The van der Waals surface area contributed by atoms with E-state index >= 15 is 0 Å². The molecular weight excluding hydrogens is 460 g/mol. The zero-order valence-electron chi connectivity index (χ0n) is 17.2. The lowest BCUT2D eigenvalue weighted by molar-refractivity contribution is -0.123. The number of nitrogens with one attached hydrogen (secondary N) is 1. The molecule has 0 aromatic heterocycles. The molecule has 0 radical (unpaired) electrons. The van der Waals surface area contributed by atoms with Gasteiger partial charge >= 0.3 is 12.1 Å². The molecule has 1 aliphatic rings. The molecule has 32 heavy (non-hydrogen) atoms. The summed E-state index contributed by atoms with van der Waals surface area (Å²) in [5, 5.41) is 1.84. The van der Waals surface area contributed by atoms with Crippen molar-refractivity contribution in [3.63, 3.8) is 0 Å². The van der Waals surface area contributed by atoms with Crippen molar-refractivity contribution in [3.8, 4) is 0 Å². The van der Waals surface area contributed by atoms with E-state index in [1.54, 1.807) is 6.92 Å². The third-order valence-electron chi connectivity index (χ3n) is 4.74. The van der Waals surface area contributed by atoms with Crippen molar-refractivity contribution < 1.29 is 32.3 Å². The number of nitrogens with zero attached hydrogens (tertiary/aromatic N) is 1. The lowest BCUT2D eigenvalue weighted by Crippen LogP contribution is -2.36. The van der Waals surface area contributed by atoms with Gasteiger partial charge in [0.05, 0.1) is 22.1 Å². The van der Waals surface area contributed by atoms with E-state index in [0.29, 0.717) is 13.0 Å². The van der Waals surface area contributed by atoms with Crippen molar-refractivity contribution in [1.82, 2.24) is 9.62 Å². The molecule has 0 saturated carbocycles. The van der Waals surface area contributed by atoms with Gasteiger partial charge in [-0.1, -0.05) is 35.9 Å². The van der Waals surface area contributed by atoms with E-state index in [-0.39, 0.29) is 28.6 Å². The molecule has 0 atom stereocenters. The summed E-state index contributed by atoms with van der Waals surface area (Å²) < 4.78 is 37.0. The number of esters is 1. The molecule has 0 fully saturated rings. The van der Waals surface area contributed by atoms with Gasteiger partial charge in [-0.2, -0.15) is 4.31 Å². The normalized spacial score (nSPS) is 13.7. The van der Waals surface area contributed by atoms with Crippen LogP contribution in [0.2, 0.25) is 5.02 Å². The Morgan fingerprint density at radius 2 is 1.81 bits per heavy atom. The van der Waals surface area contributed by atoms with Gasteiger partial charge in [0, 0.05) is 13.1 Å². The van der Waals surface area contributed by atoms with E-state index < -0.39 is 34.6 Å². The first-order chi connectivity index (χ1) is 15.2. The van der Waals surface area contributed by atoms with E-state index in [2.05, 4.69) is 4.74 Å². The van der Waals surface area contributed by atoms with Crippen LogP contribution in [0.1, 0.15) is 28.4 Å². The maximum Gasteiger partial charge on any atom is 0.413 e. The number of carbonyl (C=O) groups is 3. The lowest BCUT2D eigenvalue weighted by Gasteiger charge is -2.28. The summed E-state index contributed by atoms with van der Waals surface area (Å²) in [4.78, 5) is 35.1. The van der Waals surface area contributed by atoms with Gasteiger partial charge in [-0.15, -0.1) is 0 Å². The first-order valence-corrected chi connectivity index (χ1v) is 11.5. The molecule has 1 heterocycles. The van der Waals surface area contributed by atoms with Crippen molar-refractivity contribution in [3.05, 3.63) is 64.2 Å². The van der Waals surface area contributed by atoms with Gasteiger partial charge < -0.3 is 9.47 Å². The lowest BCUT2D eigenvalue weighted by atomic mass is 10.0. The Kier molecular flexibility index (Phi) is 7.49. The summed E-state index contributed by atoms with van der Waals surface area (Å²) in [6.07, 6.45) is -0.393. The summed E-state index contributed by atoms with van der Waals surface area (Å²) in [7, 11) is -3.90. The summed E-state index contributed by atoms with van der Waals surface area (Å²) in [5.41, 5.74) is 1.80. The Morgan fingerprint density at radius 1 is 1.09 bits per heavy atom. The molecule has 3 rings (SSSR count). The van der Waals surface area contributed by atoms with E-state index in [0.717, 1.165) is 17.2 Å². The fourth-order valence-electron chi connectivity index (χ4n) is 3.17. The summed E-state index contributed by atoms with van der Waals surface area (Å²) in [5.74, 6) is -1.90. The molecule has 2 aromatic rings. The van der Waals surface area contributed by atoms with Crippen molar-refractivity contribution in [2.75, 3.05) is 19.8 Å². The molecule has 0 unspecified atom stereocenters. The summed E-state index contributed by atoms with van der Waals surface area (Å²) in [6, 6.07) is 11.3. The number of sulfonamides is 1. The summed E-state index contributed by atoms with van der Waals surface area (Å²) in [6.45, 7) is 1.38. The zero-order chi connectivity index (χ0) is 23.3. The first-order valence-electron chi connectivity index (χ1n) is 9.72. The number of rotatable bonds is 6. The number of imide groups is 1. The summed E-state index contributed by atoms with van der Waals surface area (Å²) >= 11 is 6.05. The molecule has 170 valence electrons. The second-order valence-corrected chi connectivity index (χ2v) is 9.19.